The molecule has 0 radical (unpaired) electrons. The fraction of sp³-hybridized carbons (Fsp3) is 0.286. The summed E-state index contributed by atoms with van der Waals surface area (Å²) in [6.07, 6.45) is 4.80. The Kier molecular flexibility index (Phi) is 2.94. The van der Waals surface area contributed by atoms with Crippen LogP contribution in [-0.2, 0) is 13.0 Å². The molecule has 0 saturated heterocycles. The van der Waals surface area contributed by atoms with Gasteiger partial charge in [-0.05, 0) is 42.2 Å². The fourth-order valence-electron chi connectivity index (χ4n) is 2.21. The van der Waals surface area contributed by atoms with Gasteiger partial charge in [0, 0.05) is 12.4 Å². The zero-order chi connectivity index (χ0) is 12.4. The van der Waals surface area contributed by atoms with E-state index in [4.69, 9.17) is 4.74 Å². The van der Waals surface area contributed by atoms with Crippen molar-refractivity contribution in [2.24, 2.45) is 0 Å². The third kappa shape index (κ3) is 2.19. The second kappa shape index (κ2) is 4.74. The molecule has 1 heterocycles. The van der Waals surface area contributed by atoms with E-state index in [1.165, 1.54) is 5.56 Å². The van der Waals surface area contributed by atoms with Crippen LogP contribution in [0.3, 0.4) is 0 Å². The van der Waals surface area contributed by atoms with Gasteiger partial charge in [0.25, 0.3) is 0 Å². The summed E-state index contributed by atoms with van der Waals surface area (Å²) in [5, 5.41) is 9.72. The van der Waals surface area contributed by atoms with Crippen LogP contribution in [0.15, 0.2) is 36.7 Å². The van der Waals surface area contributed by atoms with Crippen molar-refractivity contribution in [1.29, 1.82) is 0 Å². The average molecular weight is 242 g/mol. The Hall–Kier alpha value is -1.94. The molecule has 4 heteroatoms. The standard InChI is InChI=1S/C14H14N2O2/c17-13-5-2-10-8-11(3-4-12(10)13)18-9-14-15-6-1-7-16-14/h1,3-4,6-8,13,17H,2,5,9H2/t13-/m1/s1. The summed E-state index contributed by atoms with van der Waals surface area (Å²) in [5.41, 5.74) is 2.20. The molecule has 1 aromatic carbocycles. The summed E-state index contributed by atoms with van der Waals surface area (Å²) >= 11 is 0. The van der Waals surface area contributed by atoms with Gasteiger partial charge in [-0.15, -0.1) is 0 Å². The molecule has 92 valence electrons. The lowest BCUT2D eigenvalue weighted by Gasteiger charge is -2.08. The molecule has 1 N–H and O–H groups in total. The summed E-state index contributed by atoms with van der Waals surface area (Å²) in [6.45, 7) is 0.363. The van der Waals surface area contributed by atoms with Gasteiger partial charge in [-0.25, -0.2) is 9.97 Å². The third-order valence-electron chi connectivity index (χ3n) is 3.15. The van der Waals surface area contributed by atoms with E-state index < -0.39 is 0 Å². The van der Waals surface area contributed by atoms with Crippen LogP contribution in [0.5, 0.6) is 5.75 Å². The average Bonchev–Trinajstić information content (AvgIpc) is 2.79. The quantitative estimate of drug-likeness (QED) is 0.894. The molecule has 1 aliphatic carbocycles. The molecule has 0 unspecified atom stereocenters. The van der Waals surface area contributed by atoms with E-state index >= 15 is 0 Å². The SMILES string of the molecule is O[C@@H]1CCc2cc(OCc3ncccn3)ccc21. The van der Waals surface area contributed by atoms with Crippen molar-refractivity contribution in [3.63, 3.8) is 0 Å². The van der Waals surface area contributed by atoms with Gasteiger partial charge in [-0.3, -0.25) is 0 Å². The molecule has 1 aromatic heterocycles. The summed E-state index contributed by atoms with van der Waals surface area (Å²) in [5.74, 6) is 1.47. The fourth-order valence-corrected chi connectivity index (χ4v) is 2.21. The predicted octanol–water partition coefficient (Wildman–Crippen LogP) is 2.04. The highest BCUT2D eigenvalue weighted by Crippen LogP contribution is 2.33. The number of aryl methyl sites for hydroxylation is 1. The predicted molar refractivity (Wildman–Crippen MR) is 66.1 cm³/mol. The minimum Gasteiger partial charge on any atom is -0.486 e. The largest absolute Gasteiger partial charge is 0.486 e. The number of benzene rings is 1. The van der Waals surface area contributed by atoms with Crippen molar-refractivity contribution in [3.05, 3.63) is 53.6 Å². The number of nitrogens with zero attached hydrogens (tertiary/aromatic N) is 2. The highest BCUT2D eigenvalue weighted by atomic mass is 16.5. The van der Waals surface area contributed by atoms with Gasteiger partial charge in [0.1, 0.15) is 12.4 Å². The van der Waals surface area contributed by atoms with Crippen LogP contribution < -0.4 is 4.74 Å². The van der Waals surface area contributed by atoms with Gasteiger partial charge in [-0.1, -0.05) is 6.07 Å². The maximum Gasteiger partial charge on any atom is 0.166 e. The van der Waals surface area contributed by atoms with Gasteiger partial charge >= 0.3 is 0 Å². The van der Waals surface area contributed by atoms with Gasteiger partial charge in [0.15, 0.2) is 5.82 Å². The van der Waals surface area contributed by atoms with E-state index in [9.17, 15) is 5.11 Å². The molecule has 0 aliphatic heterocycles. The molecule has 0 fully saturated rings. The highest BCUT2D eigenvalue weighted by molar-refractivity contribution is 5.39. The van der Waals surface area contributed by atoms with Crippen LogP contribution in [-0.4, -0.2) is 15.1 Å². The van der Waals surface area contributed by atoms with Crippen molar-refractivity contribution in [2.45, 2.75) is 25.6 Å². The Morgan fingerprint density at radius 2 is 2.11 bits per heavy atom. The summed E-state index contributed by atoms with van der Waals surface area (Å²) in [6, 6.07) is 7.60. The lowest BCUT2D eigenvalue weighted by atomic mass is 10.1. The molecule has 0 saturated carbocycles. The van der Waals surface area contributed by atoms with Gasteiger partial charge < -0.3 is 9.84 Å². The lowest BCUT2D eigenvalue weighted by molar-refractivity contribution is 0.180. The van der Waals surface area contributed by atoms with Crippen LogP contribution in [0.25, 0.3) is 0 Å². The normalized spacial score (nSPS) is 17.5. The molecule has 18 heavy (non-hydrogen) atoms. The molecule has 3 rings (SSSR count). The summed E-state index contributed by atoms with van der Waals surface area (Å²) in [7, 11) is 0. The van der Waals surface area contributed by atoms with Crippen molar-refractivity contribution in [1.82, 2.24) is 9.97 Å². The molecule has 0 amide bonds. The second-order valence-corrected chi connectivity index (χ2v) is 4.37. The summed E-state index contributed by atoms with van der Waals surface area (Å²) in [4.78, 5) is 8.20. The van der Waals surface area contributed by atoms with Crippen LogP contribution in [0.4, 0.5) is 0 Å². The molecule has 2 aromatic rings. The minimum absolute atomic E-state index is 0.313. The molecular weight excluding hydrogens is 228 g/mol. The van der Waals surface area contributed by atoms with Crippen molar-refractivity contribution < 1.29 is 9.84 Å². The number of aliphatic hydroxyl groups is 1. The maximum absolute atomic E-state index is 9.72. The van der Waals surface area contributed by atoms with E-state index in [1.54, 1.807) is 18.5 Å². The Morgan fingerprint density at radius 1 is 1.28 bits per heavy atom. The Bertz CT molecular complexity index is 543. The zero-order valence-corrected chi connectivity index (χ0v) is 9.91. The smallest absolute Gasteiger partial charge is 0.166 e. The number of ether oxygens (including phenoxy) is 1. The van der Waals surface area contributed by atoms with E-state index in [0.717, 1.165) is 24.2 Å². The number of aromatic nitrogens is 2. The van der Waals surface area contributed by atoms with E-state index in [-0.39, 0.29) is 6.10 Å². The van der Waals surface area contributed by atoms with Crippen LogP contribution in [0.2, 0.25) is 0 Å². The number of aliphatic hydroxyl groups excluding tert-OH is 1. The van der Waals surface area contributed by atoms with Crippen molar-refractivity contribution in [2.75, 3.05) is 0 Å². The first-order valence-corrected chi connectivity index (χ1v) is 6.02. The van der Waals surface area contributed by atoms with Gasteiger partial charge in [0.2, 0.25) is 0 Å². The van der Waals surface area contributed by atoms with Crippen LogP contribution in [0.1, 0.15) is 29.5 Å². The number of rotatable bonds is 3. The maximum atomic E-state index is 9.72. The number of hydrogen-bond acceptors (Lipinski definition) is 4. The zero-order valence-electron chi connectivity index (χ0n) is 9.91. The van der Waals surface area contributed by atoms with Gasteiger partial charge in [-0.2, -0.15) is 0 Å². The van der Waals surface area contributed by atoms with E-state index in [0.29, 0.717) is 12.4 Å². The Morgan fingerprint density at radius 3 is 2.94 bits per heavy atom. The first-order chi connectivity index (χ1) is 8.83. The highest BCUT2D eigenvalue weighted by Gasteiger charge is 2.20. The first kappa shape index (κ1) is 11.2. The number of fused-ring (bicyclic) bond motifs is 1. The second-order valence-electron chi connectivity index (χ2n) is 4.37. The molecule has 0 spiro atoms. The number of hydrogen-bond donors (Lipinski definition) is 1. The first-order valence-electron chi connectivity index (χ1n) is 6.02. The topological polar surface area (TPSA) is 55.2 Å². The molecule has 1 aliphatic rings. The monoisotopic (exact) mass is 242 g/mol. The van der Waals surface area contributed by atoms with E-state index in [1.807, 2.05) is 18.2 Å². The van der Waals surface area contributed by atoms with Crippen LogP contribution >= 0.6 is 0 Å². The van der Waals surface area contributed by atoms with Crippen molar-refractivity contribution in [3.8, 4) is 5.75 Å². The molecule has 1 atom stereocenters. The summed E-state index contributed by atoms with van der Waals surface area (Å²) < 4.78 is 5.65. The lowest BCUT2D eigenvalue weighted by Crippen LogP contribution is -2.00. The Labute approximate surface area is 105 Å². The third-order valence-corrected chi connectivity index (χ3v) is 3.15. The van der Waals surface area contributed by atoms with Gasteiger partial charge in [0.05, 0.1) is 6.10 Å². The molecular formula is C14H14N2O2. The van der Waals surface area contributed by atoms with Crippen LogP contribution in [0, 0.1) is 0 Å². The van der Waals surface area contributed by atoms with E-state index in [2.05, 4.69) is 9.97 Å². The van der Waals surface area contributed by atoms with Crippen molar-refractivity contribution >= 4 is 0 Å². The molecule has 0 bridgehead atoms. The minimum atomic E-state index is -0.313. The Balaban J connectivity index is 1.71. The molecule has 4 nitrogen and oxygen atoms in total.